The number of carbonyl (C=O) groups is 2. The Morgan fingerprint density at radius 1 is 1.20 bits per heavy atom. The number of aromatic hydroxyl groups is 1. The highest BCUT2D eigenvalue weighted by molar-refractivity contribution is 6.00. The number of hydrogen-bond donors (Lipinski definition) is 4. The minimum absolute atomic E-state index is 0.00961. The number of aliphatic hydroxyl groups is 2. The molecule has 0 saturated heterocycles. The van der Waals surface area contributed by atoms with Crippen molar-refractivity contribution in [3.05, 3.63) is 22.8 Å². The van der Waals surface area contributed by atoms with Gasteiger partial charge in [-0.15, -0.1) is 0 Å². The molecule has 2 saturated carbocycles. The number of carbonyl (C=O) groups excluding carboxylic acids is 1. The number of nitrogens with zero attached hydrogens (tertiary/aromatic N) is 1. The second kappa shape index (κ2) is 7.84. The molecule has 8 nitrogen and oxygen atoms in total. The molecular formula is C27H37NO7. The number of aliphatic carboxylic acids is 1. The molecule has 8 heteroatoms. The Labute approximate surface area is 205 Å². The predicted molar refractivity (Wildman–Crippen MR) is 127 cm³/mol. The van der Waals surface area contributed by atoms with Crippen LogP contribution in [0.25, 0.3) is 0 Å². The van der Waals surface area contributed by atoms with E-state index in [1.807, 2.05) is 13.8 Å². The largest absolute Gasteiger partial charge is 0.508 e. The van der Waals surface area contributed by atoms with E-state index in [1.165, 1.54) is 6.07 Å². The summed E-state index contributed by atoms with van der Waals surface area (Å²) in [6.45, 7) is 9.03. The summed E-state index contributed by atoms with van der Waals surface area (Å²) in [6.07, 6.45) is 1.39. The number of phenols is 1. The van der Waals surface area contributed by atoms with Crippen molar-refractivity contribution in [3.8, 4) is 11.5 Å². The van der Waals surface area contributed by atoms with Gasteiger partial charge in [0.25, 0.3) is 5.91 Å². The summed E-state index contributed by atoms with van der Waals surface area (Å²) in [4.78, 5) is 25.6. The summed E-state index contributed by atoms with van der Waals surface area (Å²) in [7, 11) is 0. The second-order valence-electron chi connectivity index (χ2n) is 12.1. The van der Waals surface area contributed by atoms with Gasteiger partial charge in [-0.2, -0.15) is 0 Å². The van der Waals surface area contributed by atoms with Crippen molar-refractivity contribution in [2.75, 3.05) is 6.54 Å². The van der Waals surface area contributed by atoms with Gasteiger partial charge in [0.1, 0.15) is 17.1 Å². The van der Waals surface area contributed by atoms with E-state index in [2.05, 4.69) is 13.8 Å². The molecular weight excluding hydrogens is 450 g/mol. The summed E-state index contributed by atoms with van der Waals surface area (Å²) in [6, 6.07) is 1.53. The lowest BCUT2D eigenvalue weighted by atomic mass is 9.43. The summed E-state index contributed by atoms with van der Waals surface area (Å²) in [5.74, 6) is -0.233. The van der Waals surface area contributed by atoms with Crippen LogP contribution in [0.3, 0.4) is 0 Å². The molecule has 1 unspecified atom stereocenters. The molecule has 4 N–H and O–H groups in total. The van der Waals surface area contributed by atoms with E-state index in [0.717, 1.165) is 18.4 Å². The first-order valence-corrected chi connectivity index (χ1v) is 12.8. The third kappa shape index (κ3) is 3.25. The Kier molecular flexibility index (Phi) is 5.46. The van der Waals surface area contributed by atoms with Crippen LogP contribution in [0.15, 0.2) is 6.07 Å². The van der Waals surface area contributed by atoms with Gasteiger partial charge in [0.05, 0.1) is 24.3 Å². The minimum atomic E-state index is -0.894. The number of fused-ring (bicyclic) bond motifs is 5. The molecule has 2 aliphatic heterocycles. The number of amides is 1. The molecule has 1 spiro atoms. The lowest BCUT2D eigenvalue weighted by Gasteiger charge is -2.64. The van der Waals surface area contributed by atoms with Crippen LogP contribution in [0.1, 0.15) is 81.3 Å². The molecule has 4 aliphatic rings. The summed E-state index contributed by atoms with van der Waals surface area (Å²) < 4.78 is 6.93. The fraction of sp³-hybridized carbons (Fsp3) is 0.704. The van der Waals surface area contributed by atoms with Crippen LogP contribution in [-0.4, -0.2) is 61.6 Å². The van der Waals surface area contributed by atoms with E-state index < -0.39 is 34.6 Å². The number of aliphatic hydroxyl groups excluding tert-OH is 2. The molecule has 0 aromatic heterocycles. The highest BCUT2D eigenvalue weighted by atomic mass is 16.5. The third-order valence-corrected chi connectivity index (χ3v) is 9.95. The Bertz CT molecular complexity index is 1080. The molecule has 35 heavy (non-hydrogen) atoms. The van der Waals surface area contributed by atoms with Crippen LogP contribution in [0, 0.1) is 22.7 Å². The fourth-order valence-corrected chi connectivity index (χ4v) is 8.06. The van der Waals surface area contributed by atoms with E-state index in [-0.39, 0.29) is 29.9 Å². The molecule has 2 aliphatic carbocycles. The Morgan fingerprint density at radius 3 is 2.60 bits per heavy atom. The Hall–Kier alpha value is -2.32. The molecule has 1 aromatic carbocycles. The Morgan fingerprint density at radius 2 is 1.91 bits per heavy atom. The van der Waals surface area contributed by atoms with E-state index in [9.17, 15) is 24.9 Å². The monoisotopic (exact) mass is 487 g/mol. The normalized spacial score (nSPS) is 37.1. The van der Waals surface area contributed by atoms with Crippen molar-refractivity contribution in [3.63, 3.8) is 0 Å². The van der Waals surface area contributed by atoms with Gasteiger partial charge in [-0.3, -0.25) is 9.59 Å². The molecule has 2 fully saturated rings. The van der Waals surface area contributed by atoms with Crippen LogP contribution in [-0.2, 0) is 17.8 Å². The molecule has 1 aromatic rings. The number of carboxylic acid groups (broad SMARTS) is 1. The van der Waals surface area contributed by atoms with Gasteiger partial charge < -0.3 is 30.1 Å². The summed E-state index contributed by atoms with van der Waals surface area (Å²) in [5.41, 5.74) is 0.245. The molecule has 0 radical (unpaired) electrons. The molecule has 0 bridgehead atoms. The van der Waals surface area contributed by atoms with Gasteiger partial charge in [0.15, 0.2) is 0 Å². The predicted octanol–water partition coefficient (Wildman–Crippen LogP) is 3.09. The topological polar surface area (TPSA) is 128 Å². The van der Waals surface area contributed by atoms with Crippen molar-refractivity contribution in [2.45, 2.75) is 90.6 Å². The first kappa shape index (κ1) is 24.4. The van der Waals surface area contributed by atoms with Crippen LogP contribution in [0.5, 0.6) is 11.5 Å². The molecule has 6 atom stereocenters. The molecule has 5 rings (SSSR count). The van der Waals surface area contributed by atoms with Crippen LogP contribution in [0.4, 0.5) is 0 Å². The molecule has 2 heterocycles. The van der Waals surface area contributed by atoms with Crippen LogP contribution >= 0.6 is 0 Å². The van der Waals surface area contributed by atoms with Gasteiger partial charge in [-0.05, 0) is 49.0 Å². The average Bonchev–Trinajstić information content (AvgIpc) is 3.32. The lowest BCUT2D eigenvalue weighted by molar-refractivity contribution is -0.240. The van der Waals surface area contributed by atoms with Gasteiger partial charge in [-0.1, -0.05) is 27.7 Å². The van der Waals surface area contributed by atoms with E-state index in [1.54, 1.807) is 4.90 Å². The maximum Gasteiger partial charge on any atom is 0.303 e. The Balaban J connectivity index is 1.53. The summed E-state index contributed by atoms with van der Waals surface area (Å²) in [5, 5.41) is 41.7. The average molecular weight is 488 g/mol. The van der Waals surface area contributed by atoms with Crippen LogP contribution in [0.2, 0.25) is 0 Å². The van der Waals surface area contributed by atoms with Crippen molar-refractivity contribution in [1.82, 2.24) is 4.90 Å². The molecule has 1 amide bonds. The van der Waals surface area contributed by atoms with Crippen molar-refractivity contribution < 1.29 is 34.8 Å². The van der Waals surface area contributed by atoms with Crippen LogP contribution < -0.4 is 4.74 Å². The van der Waals surface area contributed by atoms with Gasteiger partial charge in [0, 0.05) is 35.9 Å². The zero-order chi connectivity index (χ0) is 25.5. The minimum Gasteiger partial charge on any atom is -0.508 e. The van der Waals surface area contributed by atoms with E-state index in [0.29, 0.717) is 49.2 Å². The maximum atomic E-state index is 13.1. The van der Waals surface area contributed by atoms with Gasteiger partial charge >= 0.3 is 5.97 Å². The second-order valence-corrected chi connectivity index (χ2v) is 12.1. The first-order valence-electron chi connectivity index (χ1n) is 12.8. The van der Waals surface area contributed by atoms with Gasteiger partial charge in [0.2, 0.25) is 0 Å². The number of hydrogen-bond acceptors (Lipinski definition) is 6. The quantitative estimate of drug-likeness (QED) is 0.514. The van der Waals surface area contributed by atoms with E-state index in [4.69, 9.17) is 9.84 Å². The smallest absolute Gasteiger partial charge is 0.303 e. The number of rotatable bonds is 4. The first-order chi connectivity index (χ1) is 16.3. The third-order valence-electron chi connectivity index (χ3n) is 9.95. The zero-order valence-corrected chi connectivity index (χ0v) is 21.0. The highest BCUT2D eigenvalue weighted by Gasteiger charge is 2.68. The molecule has 192 valence electrons. The number of benzene rings is 1. The number of phenolic OH excluding ortho intramolecular Hbond substituents is 1. The van der Waals surface area contributed by atoms with E-state index >= 15 is 0 Å². The maximum absolute atomic E-state index is 13.1. The van der Waals surface area contributed by atoms with Gasteiger partial charge in [-0.25, -0.2) is 0 Å². The highest BCUT2D eigenvalue weighted by Crippen LogP contribution is 2.67. The fourth-order valence-electron chi connectivity index (χ4n) is 8.06. The zero-order valence-electron chi connectivity index (χ0n) is 21.0. The van der Waals surface area contributed by atoms with Crippen molar-refractivity contribution in [2.24, 2.45) is 22.7 Å². The number of ether oxygens (including phenoxy) is 1. The lowest BCUT2D eigenvalue weighted by Crippen LogP contribution is -2.69. The summed E-state index contributed by atoms with van der Waals surface area (Å²) >= 11 is 0. The SMILES string of the molecule is C[C@@H]1CCC2C(C)(C)[C@H](O)[C@H](O)C[C@]2(C)[C@@]12Cc1c(O)cc3c(c1O2)CN(CCCC(=O)O)C3=O. The van der Waals surface area contributed by atoms with Crippen molar-refractivity contribution >= 4 is 11.9 Å². The van der Waals surface area contributed by atoms with Crippen molar-refractivity contribution in [1.29, 1.82) is 0 Å². The number of carboxylic acids is 1. The standard InChI is InChI=1S/C27H37NO7/c1-14-7-8-20-25(2,3)23(33)19(30)12-26(20,4)27(14)11-16-18(29)10-15-17(22(16)35-27)13-28(24(15)34)9-5-6-21(31)32/h10,14,19-20,23,29-30,33H,5-9,11-13H2,1-4H3,(H,31,32)/t14-,19-,20?,23-,26+,27-/m1/s1.